The monoisotopic (exact) mass is 296 g/mol. The van der Waals surface area contributed by atoms with E-state index in [9.17, 15) is 0 Å². The Kier molecular flexibility index (Phi) is 6.48. The molecule has 5 nitrogen and oxygen atoms in total. The van der Waals surface area contributed by atoms with E-state index in [1.54, 1.807) is 0 Å². The van der Waals surface area contributed by atoms with Gasteiger partial charge in [0.1, 0.15) is 0 Å². The van der Waals surface area contributed by atoms with Crippen molar-refractivity contribution < 1.29 is 4.52 Å². The highest BCUT2D eigenvalue weighted by atomic mass is 35.5. The van der Waals surface area contributed by atoms with Gasteiger partial charge in [0, 0.05) is 18.7 Å². The third kappa shape index (κ3) is 3.71. The Bertz CT molecular complexity index is 560. The predicted molar refractivity (Wildman–Crippen MR) is 80.8 cm³/mol. The summed E-state index contributed by atoms with van der Waals surface area (Å²) in [4.78, 5) is 2.31. The van der Waals surface area contributed by atoms with E-state index in [1.165, 1.54) is 0 Å². The van der Waals surface area contributed by atoms with E-state index in [-0.39, 0.29) is 18.1 Å². The average Bonchev–Trinajstić information content (AvgIpc) is 2.82. The first-order valence-corrected chi connectivity index (χ1v) is 6.65. The fourth-order valence-electron chi connectivity index (χ4n) is 2.07. The Morgan fingerprint density at radius 1 is 1.20 bits per heavy atom. The SMILES string of the molecule is CCN(CC)CCn1c(-c2ccccc2)noc1=N.Cl. The highest BCUT2D eigenvalue weighted by Gasteiger charge is 2.11. The number of aromatic nitrogens is 2. The number of likely N-dealkylation sites (N-methyl/N-ethyl adjacent to an activating group) is 1. The first-order valence-electron chi connectivity index (χ1n) is 6.65. The van der Waals surface area contributed by atoms with Gasteiger partial charge in [-0.15, -0.1) is 12.4 Å². The van der Waals surface area contributed by atoms with Gasteiger partial charge in [-0.25, -0.2) is 5.41 Å². The minimum atomic E-state index is 0. The standard InChI is InChI=1S/C14H20N4O.ClH/c1-3-17(4-2)10-11-18-13(16-19-14(18)15)12-8-6-5-7-9-12;/h5-9,15H,3-4,10-11H2,1-2H3;1H. The average molecular weight is 297 g/mol. The van der Waals surface area contributed by atoms with Crippen molar-refractivity contribution in [3.05, 3.63) is 36.0 Å². The zero-order valence-electron chi connectivity index (χ0n) is 11.9. The van der Waals surface area contributed by atoms with E-state index < -0.39 is 0 Å². The summed E-state index contributed by atoms with van der Waals surface area (Å²) in [7, 11) is 0. The van der Waals surface area contributed by atoms with E-state index in [0.717, 1.165) is 31.0 Å². The van der Waals surface area contributed by atoms with Crippen molar-refractivity contribution in [3.63, 3.8) is 0 Å². The second-order valence-corrected chi connectivity index (χ2v) is 4.36. The number of hydrogen-bond donors (Lipinski definition) is 1. The van der Waals surface area contributed by atoms with Crippen LogP contribution in [0.15, 0.2) is 34.9 Å². The minimum Gasteiger partial charge on any atom is -0.315 e. The Morgan fingerprint density at radius 3 is 2.45 bits per heavy atom. The molecule has 6 heteroatoms. The quantitative estimate of drug-likeness (QED) is 0.890. The van der Waals surface area contributed by atoms with Crippen LogP contribution in [0.1, 0.15) is 13.8 Å². The Labute approximate surface area is 125 Å². The molecule has 2 rings (SSSR count). The van der Waals surface area contributed by atoms with Gasteiger partial charge in [-0.05, 0) is 13.1 Å². The normalized spacial score (nSPS) is 10.6. The van der Waals surface area contributed by atoms with Crippen LogP contribution in [0.4, 0.5) is 0 Å². The van der Waals surface area contributed by atoms with Gasteiger partial charge in [0.05, 0.1) is 0 Å². The maximum Gasteiger partial charge on any atom is 0.320 e. The second-order valence-electron chi connectivity index (χ2n) is 4.36. The van der Waals surface area contributed by atoms with Crippen LogP contribution in [0, 0.1) is 5.41 Å². The molecule has 0 aliphatic heterocycles. The van der Waals surface area contributed by atoms with Crippen molar-refractivity contribution in [2.75, 3.05) is 19.6 Å². The highest BCUT2D eigenvalue weighted by molar-refractivity contribution is 5.85. The van der Waals surface area contributed by atoms with Crippen LogP contribution in [0.25, 0.3) is 11.4 Å². The molecule has 0 bridgehead atoms. The number of halogens is 1. The first-order chi connectivity index (χ1) is 9.26. The molecule has 110 valence electrons. The van der Waals surface area contributed by atoms with Crippen molar-refractivity contribution in [2.24, 2.45) is 0 Å². The molecule has 2 aromatic rings. The van der Waals surface area contributed by atoms with Crippen LogP contribution in [0.2, 0.25) is 0 Å². The smallest absolute Gasteiger partial charge is 0.315 e. The van der Waals surface area contributed by atoms with Gasteiger partial charge in [-0.3, -0.25) is 4.57 Å². The molecule has 1 aromatic carbocycles. The van der Waals surface area contributed by atoms with Crippen molar-refractivity contribution >= 4 is 12.4 Å². The molecule has 0 fully saturated rings. The number of benzene rings is 1. The van der Waals surface area contributed by atoms with Crippen molar-refractivity contribution in [1.82, 2.24) is 14.6 Å². The summed E-state index contributed by atoms with van der Waals surface area (Å²) < 4.78 is 6.82. The van der Waals surface area contributed by atoms with Gasteiger partial charge >= 0.3 is 5.68 Å². The van der Waals surface area contributed by atoms with Crippen LogP contribution in [-0.4, -0.2) is 34.3 Å². The van der Waals surface area contributed by atoms with Gasteiger partial charge in [-0.2, -0.15) is 0 Å². The number of nitrogens with one attached hydrogen (secondary N) is 1. The molecule has 20 heavy (non-hydrogen) atoms. The molecule has 0 aliphatic rings. The molecule has 0 aliphatic carbocycles. The third-order valence-electron chi connectivity index (χ3n) is 3.29. The van der Waals surface area contributed by atoms with E-state index in [2.05, 4.69) is 23.9 Å². The van der Waals surface area contributed by atoms with Crippen molar-refractivity contribution in [2.45, 2.75) is 20.4 Å². The highest BCUT2D eigenvalue weighted by Crippen LogP contribution is 2.14. The molecule has 0 saturated heterocycles. The molecule has 1 N–H and O–H groups in total. The van der Waals surface area contributed by atoms with E-state index >= 15 is 0 Å². The Morgan fingerprint density at radius 2 is 1.85 bits per heavy atom. The fraction of sp³-hybridized carbons (Fsp3) is 0.429. The summed E-state index contributed by atoms with van der Waals surface area (Å²) in [5, 5.41) is 11.8. The van der Waals surface area contributed by atoms with Crippen LogP contribution < -0.4 is 5.68 Å². The molecule has 0 saturated carbocycles. The zero-order chi connectivity index (χ0) is 13.7. The molecular weight excluding hydrogens is 276 g/mol. The van der Waals surface area contributed by atoms with Gasteiger partial charge < -0.3 is 9.42 Å². The van der Waals surface area contributed by atoms with E-state index in [0.29, 0.717) is 6.54 Å². The minimum absolute atomic E-state index is 0. The van der Waals surface area contributed by atoms with Gasteiger partial charge in [0.2, 0.25) is 0 Å². The molecule has 0 radical (unpaired) electrons. The largest absolute Gasteiger partial charge is 0.320 e. The summed E-state index contributed by atoms with van der Waals surface area (Å²) >= 11 is 0. The summed E-state index contributed by atoms with van der Waals surface area (Å²) in [5.41, 5.74) is 1.08. The number of rotatable bonds is 6. The maximum absolute atomic E-state index is 7.81. The van der Waals surface area contributed by atoms with Gasteiger partial charge in [0.15, 0.2) is 5.82 Å². The van der Waals surface area contributed by atoms with Gasteiger partial charge in [0.25, 0.3) is 0 Å². The lowest BCUT2D eigenvalue weighted by Gasteiger charge is -2.18. The summed E-state index contributed by atoms with van der Waals surface area (Å²) in [5.74, 6) is 0.720. The number of nitrogens with zero attached hydrogens (tertiary/aromatic N) is 3. The third-order valence-corrected chi connectivity index (χ3v) is 3.29. The van der Waals surface area contributed by atoms with Gasteiger partial charge in [-0.1, -0.05) is 49.3 Å². The second kappa shape index (κ2) is 7.87. The first kappa shape index (κ1) is 16.5. The van der Waals surface area contributed by atoms with Crippen molar-refractivity contribution in [1.29, 1.82) is 5.41 Å². The van der Waals surface area contributed by atoms with Crippen molar-refractivity contribution in [3.8, 4) is 11.4 Å². The maximum atomic E-state index is 7.81. The Balaban J connectivity index is 0.00000200. The summed E-state index contributed by atoms with van der Waals surface area (Å²) in [6, 6.07) is 9.84. The molecular formula is C14H21ClN4O. The van der Waals surface area contributed by atoms with Crippen LogP contribution in [0.5, 0.6) is 0 Å². The molecule has 0 amide bonds. The lowest BCUT2D eigenvalue weighted by Crippen LogP contribution is -2.29. The van der Waals surface area contributed by atoms with E-state index in [4.69, 9.17) is 9.93 Å². The lowest BCUT2D eigenvalue weighted by atomic mass is 10.2. The molecule has 0 spiro atoms. The van der Waals surface area contributed by atoms with E-state index in [1.807, 2.05) is 34.9 Å². The predicted octanol–water partition coefficient (Wildman–Crippen LogP) is 2.39. The topological polar surface area (TPSA) is 58.1 Å². The van der Waals surface area contributed by atoms with Crippen LogP contribution >= 0.6 is 12.4 Å². The molecule has 0 atom stereocenters. The Hall–Kier alpha value is -1.59. The van der Waals surface area contributed by atoms with Crippen LogP contribution in [0.3, 0.4) is 0 Å². The number of hydrogen-bond acceptors (Lipinski definition) is 4. The fourth-order valence-corrected chi connectivity index (χ4v) is 2.07. The molecule has 1 heterocycles. The lowest BCUT2D eigenvalue weighted by molar-refractivity contribution is 0.282. The molecule has 1 aromatic heterocycles. The molecule has 0 unspecified atom stereocenters. The zero-order valence-corrected chi connectivity index (χ0v) is 12.7. The summed E-state index contributed by atoms with van der Waals surface area (Å²) in [6.45, 7) is 7.91. The summed E-state index contributed by atoms with van der Waals surface area (Å²) in [6.07, 6.45) is 0. The van der Waals surface area contributed by atoms with Crippen LogP contribution in [-0.2, 0) is 6.54 Å².